The molecule has 4 heteroatoms. The van der Waals surface area contributed by atoms with E-state index in [1.165, 1.54) is 0 Å². The van der Waals surface area contributed by atoms with E-state index < -0.39 is 0 Å². The van der Waals surface area contributed by atoms with Gasteiger partial charge in [-0.05, 0) is 18.8 Å². The molecule has 0 fully saturated rings. The standard InChI is InChI=1S/C10H15ClN2O/c1-8(2)4-3-7-14-10-9(11)12-5-6-13-10/h5-6,8H,3-4,7H2,1-2H3. The molecule has 14 heavy (non-hydrogen) atoms. The lowest BCUT2D eigenvalue weighted by molar-refractivity contribution is 0.286. The summed E-state index contributed by atoms with van der Waals surface area (Å²) in [6.07, 6.45) is 5.29. The Morgan fingerprint density at radius 3 is 2.71 bits per heavy atom. The van der Waals surface area contributed by atoms with Gasteiger partial charge in [0.1, 0.15) is 0 Å². The van der Waals surface area contributed by atoms with Crippen LogP contribution in [0.1, 0.15) is 26.7 Å². The van der Waals surface area contributed by atoms with E-state index in [0.717, 1.165) is 12.8 Å². The highest BCUT2D eigenvalue weighted by atomic mass is 35.5. The molecule has 0 radical (unpaired) electrons. The Morgan fingerprint density at radius 1 is 1.36 bits per heavy atom. The van der Waals surface area contributed by atoms with Crippen LogP contribution in [0.4, 0.5) is 0 Å². The zero-order valence-electron chi connectivity index (χ0n) is 8.53. The van der Waals surface area contributed by atoms with Crippen molar-refractivity contribution in [3.8, 4) is 5.88 Å². The average Bonchev–Trinajstić information content (AvgIpc) is 2.15. The van der Waals surface area contributed by atoms with Gasteiger partial charge in [0.25, 0.3) is 5.88 Å². The van der Waals surface area contributed by atoms with Crippen LogP contribution in [0.2, 0.25) is 5.15 Å². The number of nitrogens with zero attached hydrogens (tertiary/aromatic N) is 2. The molecule has 1 aromatic heterocycles. The van der Waals surface area contributed by atoms with Gasteiger partial charge in [0, 0.05) is 12.4 Å². The molecule has 0 bridgehead atoms. The predicted octanol–water partition coefficient (Wildman–Crippen LogP) is 2.95. The monoisotopic (exact) mass is 214 g/mol. The van der Waals surface area contributed by atoms with Crippen LogP contribution in [0.5, 0.6) is 5.88 Å². The maximum absolute atomic E-state index is 5.77. The molecule has 0 aliphatic rings. The van der Waals surface area contributed by atoms with Gasteiger partial charge in [-0.3, -0.25) is 0 Å². The molecule has 78 valence electrons. The molecule has 0 unspecified atom stereocenters. The minimum absolute atomic E-state index is 0.331. The van der Waals surface area contributed by atoms with Gasteiger partial charge in [-0.2, -0.15) is 0 Å². The van der Waals surface area contributed by atoms with Gasteiger partial charge < -0.3 is 4.74 Å². The molecule has 3 nitrogen and oxygen atoms in total. The van der Waals surface area contributed by atoms with E-state index in [4.69, 9.17) is 16.3 Å². The molecule has 0 aliphatic carbocycles. The quantitative estimate of drug-likeness (QED) is 0.707. The number of ether oxygens (including phenoxy) is 1. The fraction of sp³-hybridized carbons (Fsp3) is 0.600. The van der Waals surface area contributed by atoms with E-state index in [-0.39, 0.29) is 0 Å². The van der Waals surface area contributed by atoms with Gasteiger partial charge in [-0.25, -0.2) is 9.97 Å². The first-order valence-corrected chi connectivity index (χ1v) is 5.17. The summed E-state index contributed by atoms with van der Waals surface area (Å²) < 4.78 is 5.38. The van der Waals surface area contributed by atoms with E-state index in [9.17, 15) is 0 Å². The molecule has 1 aromatic rings. The summed E-state index contributed by atoms with van der Waals surface area (Å²) in [5.74, 6) is 1.13. The zero-order chi connectivity index (χ0) is 10.4. The number of halogens is 1. The van der Waals surface area contributed by atoms with Gasteiger partial charge in [-0.15, -0.1) is 0 Å². The number of hydrogen-bond acceptors (Lipinski definition) is 3. The Hall–Kier alpha value is -0.830. The number of aromatic nitrogens is 2. The molecule has 0 saturated carbocycles. The molecule has 0 N–H and O–H groups in total. The van der Waals surface area contributed by atoms with E-state index in [1.807, 2.05) is 0 Å². The van der Waals surface area contributed by atoms with Crippen molar-refractivity contribution in [2.45, 2.75) is 26.7 Å². The molecule has 0 aliphatic heterocycles. The maximum Gasteiger partial charge on any atom is 0.252 e. The van der Waals surface area contributed by atoms with Crippen LogP contribution in [0.3, 0.4) is 0 Å². The fourth-order valence-electron chi connectivity index (χ4n) is 1.07. The Labute approximate surface area is 89.5 Å². The third-order valence-corrected chi connectivity index (χ3v) is 2.05. The SMILES string of the molecule is CC(C)CCCOc1nccnc1Cl. The minimum atomic E-state index is 0.331. The molecule has 0 saturated heterocycles. The molecule has 0 atom stereocenters. The molecule has 0 spiro atoms. The lowest BCUT2D eigenvalue weighted by Gasteiger charge is -2.06. The summed E-state index contributed by atoms with van der Waals surface area (Å²) in [4.78, 5) is 7.85. The highest BCUT2D eigenvalue weighted by Crippen LogP contribution is 2.17. The second-order valence-corrected chi connectivity index (χ2v) is 3.89. The topological polar surface area (TPSA) is 35.0 Å². The highest BCUT2D eigenvalue weighted by molar-refractivity contribution is 6.30. The van der Waals surface area contributed by atoms with Gasteiger partial charge >= 0.3 is 0 Å². The Kier molecular flexibility index (Phi) is 4.66. The van der Waals surface area contributed by atoms with Crippen molar-refractivity contribution >= 4 is 11.6 Å². The van der Waals surface area contributed by atoms with E-state index in [2.05, 4.69) is 23.8 Å². The highest BCUT2D eigenvalue weighted by Gasteiger charge is 2.02. The second-order valence-electron chi connectivity index (χ2n) is 3.54. The lowest BCUT2D eigenvalue weighted by atomic mass is 10.1. The van der Waals surface area contributed by atoms with Crippen LogP contribution < -0.4 is 4.74 Å². The lowest BCUT2D eigenvalue weighted by Crippen LogP contribution is -2.01. The van der Waals surface area contributed by atoms with Crippen molar-refractivity contribution in [3.05, 3.63) is 17.5 Å². The van der Waals surface area contributed by atoms with Gasteiger partial charge in [0.15, 0.2) is 5.15 Å². The van der Waals surface area contributed by atoms with Crippen LogP contribution >= 0.6 is 11.6 Å². The third kappa shape index (κ3) is 3.92. The summed E-state index contributed by atoms with van der Waals surface area (Å²) in [7, 11) is 0. The molecule has 1 rings (SSSR count). The molecular formula is C10H15ClN2O. The maximum atomic E-state index is 5.77. The molecule has 0 amide bonds. The van der Waals surface area contributed by atoms with Crippen LogP contribution in [0.15, 0.2) is 12.4 Å². The molecule has 1 heterocycles. The van der Waals surface area contributed by atoms with E-state index >= 15 is 0 Å². The van der Waals surface area contributed by atoms with Crippen molar-refractivity contribution in [1.82, 2.24) is 9.97 Å². The number of hydrogen-bond donors (Lipinski definition) is 0. The second kappa shape index (κ2) is 5.81. The van der Waals surface area contributed by atoms with Gasteiger partial charge in [-0.1, -0.05) is 25.4 Å². The molecular weight excluding hydrogens is 200 g/mol. The summed E-state index contributed by atoms with van der Waals surface area (Å²) in [6.45, 7) is 5.03. The minimum Gasteiger partial charge on any atom is -0.475 e. The summed E-state index contributed by atoms with van der Waals surface area (Å²) >= 11 is 5.77. The molecule has 0 aromatic carbocycles. The van der Waals surface area contributed by atoms with Crippen molar-refractivity contribution in [3.63, 3.8) is 0 Å². The Morgan fingerprint density at radius 2 is 2.07 bits per heavy atom. The van der Waals surface area contributed by atoms with Crippen molar-refractivity contribution in [1.29, 1.82) is 0 Å². The van der Waals surface area contributed by atoms with Crippen LogP contribution in [-0.2, 0) is 0 Å². The van der Waals surface area contributed by atoms with Crippen LogP contribution in [-0.4, -0.2) is 16.6 Å². The largest absolute Gasteiger partial charge is 0.475 e. The average molecular weight is 215 g/mol. The van der Waals surface area contributed by atoms with E-state index in [0.29, 0.717) is 23.6 Å². The Bertz CT molecular complexity index is 279. The smallest absolute Gasteiger partial charge is 0.252 e. The summed E-state index contributed by atoms with van der Waals surface area (Å²) in [5.41, 5.74) is 0. The van der Waals surface area contributed by atoms with Crippen LogP contribution in [0, 0.1) is 5.92 Å². The fourth-order valence-corrected chi connectivity index (χ4v) is 1.23. The van der Waals surface area contributed by atoms with Gasteiger partial charge in [0.2, 0.25) is 0 Å². The van der Waals surface area contributed by atoms with Crippen molar-refractivity contribution in [2.24, 2.45) is 5.92 Å². The first kappa shape index (κ1) is 11.2. The predicted molar refractivity (Wildman–Crippen MR) is 56.6 cm³/mol. The zero-order valence-corrected chi connectivity index (χ0v) is 9.29. The van der Waals surface area contributed by atoms with Crippen molar-refractivity contribution in [2.75, 3.05) is 6.61 Å². The van der Waals surface area contributed by atoms with Crippen LogP contribution in [0.25, 0.3) is 0 Å². The first-order valence-electron chi connectivity index (χ1n) is 4.79. The Balaban J connectivity index is 2.28. The van der Waals surface area contributed by atoms with E-state index in [1.54, 1.807) is 12.4 Å². The van der Waals surface area contributed by atoms with Gasteiger partial charge in [0.05, 0.1) is 6.61 Å². The summed E-state index contributed by atoms with van der Waals surface area (Å²) in [6, 6.07) is 0. The first-order chi connectivity index (χ1) is 6.70. The normalized spacial score (nSPS) is 10.6. The summed E-state index contributed by atoms with van der Waals surface area (Å²) in [5, 5.41) is 0.331. The number of rotatable bonds is 5. The third-order valence-electron chi connectivity index (χ3n) is 1.79. The van der Waals surface area contributed by atoms with Crippen molar-refractivity contribution < 1.29 is 4.74 Å².